The Labute approximate surface area is 191 Å². The molecular formula is C22H21F5N6O. The fourth-order valence-corrected chi connectivity index (χ4v) is 4.10. The van der Waals surface area contributed by atoms with Crippen LogP contribution in [0.25, 0.3) is 5.69 Å². The van der Waals surface area contributed by atoms with E-state index in [1.165, 1.54) is 23.4 Å². The van der Waals surface area contributed by atoms with Crippen LogP contribution < -0.4 is 5.32 Å². The number of amides is 1. The molecule has 3 aromatic rings. The van der Waals surface area contributed by atoms with E-state index in [0.717, 1.165) is 29.5 Å². The predicted molar refractivity (Wildman–Crippen MR) is 112 cm³/mol. The van der Waals surface area contributed by atoms with E-state index in [0.29, 0.717) is 19.0 Å². The molecule has 1 aliphatic heterocycles. The number of carbonyl (C=O) groups is 1. The molecule has 0 saturated carbocycles. The van der Waals surface area contributed by atoms with Gasteiger partial charge >= 0.3 is 6.18 Å². The van der Waals surface area contributed by atoms with Gasteiger partial charge in [0, 0.05) is 31.4 Å². The Morgan fingerprint density at radius 1 is 1.18 bits per heavy atom. The number of pyridine rings is 1. The Balaban J connectivity index is 1.59. The van der Waals surface area contributed by atoms with E-state index in [2.05, 4.69) is 20.5 Å². The zero-order valence-corrected chi connectivity index (χ0v) is 18.1. The molecule has 0 radical (unpaired) electrons. The summed E-state index contributed by atoms with van der Waals surface area (Å²) in [5.74, 6) is -2.34. The highest BCUT2D eigenvalue weighted by Gasteiger charge is 2.35. The number of carbonyl (C=O) groups excluding carboxylic acids is 1. The molecule has 0 unspecified atom stereocenters. The highest BCUT2D eigenvalue weighted by Crippen LogP contribution is 2.30. The number of nitrogens with one attached hydrogen (secondary N) is 1. The van der Waals surface area contributed by atoms with E-state index in [-0.39, 0.29) is 29.5 Å². The molecule has 1 amide bonds. The molecule has 2 atom stereocenters. The van der Waals surface area contributed by atoms with Crippen molar-refractivity contribution in [3.05, 3.63) is 65.6 Å². The van der Waals surface area contributed by atoms with E-state index in [1.54, 1.807) is 0 Å². The summed E-state index contributed by atoms with van der Waals surface area (Å²) in [4.78, 5) is 19.8. The standard InChI is InChI=1S/C22H21F5N6O/c1-13-3-2-8-32(18(13)12-29-19-5-4-14(11-28-19)22(25,26)27)21(34)20-16(24)9-15(23)10-17(20)33-30-6-7-31-33/h4-7,9-11,13,18H,2-3,8,12H2,1H3,(H,28,29)/t13-,18-/m1/s1. The summed E-state index contributed by atoms with van der Waals surface area (Å²) in [6.07, 6.45) is 0.365. The largest absolute Gasteiger partial charge is 0.417 e. The third-order valence-corrected chi connectivity index (χ3v) is 5.84. The minimum atomic E-state index is -4.49. The molecule has 7 nitrogen and oxygen atoms in total. The van der Waals surface area contributed by atoms with E-state index in [9.17, 15) is 26.7 Å². The fourth-order valence-electron chi connectivity index (χ4n) is 4.10. The van der Waals surface area contributed by atoms with Gasteiger partial charge in [0.2, 0.25) is 0 Å². The Kier molecular flexibility index (Phi) is 6.49. The van der Waals surface area contributed by atoms with E-state index in [1.807, 2.05) is 6.92 Å². The van der Waals surface area contributed by atoms with Gasteiger partial charge in [-0.25, -0.2) is 13.8 Å². The number of hydrogen-bond donors (Lipinski definition) is 1. The lowest BCUT2D eigenvalue weighted by molar-refractivity contribution is -0.137. The summed E-state index contributed by atoms with van der Waals surface area (Å²) < 4.78 is 67.1. The van der Waals surface area contributed by atoms with Crippen LogP contribution in [0.4, 0.5) is 27.8 Å². The number of rotatable bonds is 5. The van der Waals surface area contributed by atoms with Crippen molar-refractivity contribution in [2.24, 2.45) is 5.92 Å². The number of hydrogen-bond acceptors (Lipinski definition) is 5. The van der Waals surface area contributed by atoms with Crippen molar-refractivity contribution in [2.75, 3.05) is 18.4 Å². The van der Waals surface area contributed by atoms with Crippen LogP contribution in [-0.2, 0) is 6.18 Å². The molecule has 34 heavy (non-hydrogen) atoms. The van der Waals surface area contributed by atoms with Gasteiger partial charge in [-0.1, -0.05) is 6.92 Å². The van der Waals surface area contributed by atoms with Gasteiger partial charge in [0.25, 0.3) is 5.91 Å². The number of nitrogens with zero attached hydrogens (tertiary/aromatic N) is 5. The van der Waals surface area contributed by atoms with Gasteiger partial charge in [0.1, 0.15) is 28.7 Å². The fraction of sp³-hybridized carbons (Fsp3) is 0.364. The molecule has 2 aromatic heterocycles. The molecular weight excluding hydrogens is 459 g/mol. The number of piperidine rings is 1. The normalized spacial score (nSPS) is 18.7. The average Bonchev–Trinajstić information content (AvgIpc) is 3.32. The van der Waals surface area contributed by atoms with Crippen molar-refractivity contribution in [2.45, 2.75) is 32.0 Å². The quantitative estimate of drug-likeness (QED) is 0.551. The van der Waals surface area contributed by atoms with Crippen LogP contribution in [0.3, 0.4) is 0 Å². The maximum atomic E-state index is 14.8. The van der Waals surface area contributed by atoms with Crippen LogP contribution >= 0.6 is 0 Å². The van der Waals surface area contributed by atoms with Crippen LogP contribution in [0, 0.1) is 17.6 Å². The number of aromatic nitrogens is 4. The van der Waals surface area contributed by atoms with Gasteiger partial charge in [-0.3, -0.25) is 4.79 Å². The molecule has 3 heterocycles. The second kappa shape index (κ2) is 9.35. The van der Waals surface area contributed by atoms with Crippen LogP contribution in [0.5, 0.6) is 0 Å². The van der Waals surface area contributed by atoms with Crippen LogP contribution in [0.15, 0.2) is 42.9 Å². The summed E-state index contributed by atoms with van der Waals surface area (Å²) in [6.45, 7) is 2.45. The number of alkyl halides is 3. The SMILES string of the molecule is C[C@@H]1CCCN(C(=O)c2c(F)cc(F)cc2-n2nccn2)[C@@H]1CNc1ccc(C(F)(F)F)cn1. The lowest BCUT2D eigenvalue weighted by atomic mass is 9.90. The van der Waals surface area contributed by atoms with Crippen molar-refractivity contribution >= 4 is 11.7 Å². The van der Waals surface area contributed by atoms with E-state index in [4.69, 9.17) is 0 Å². The lowest BCUT2D eigenvalue weighted by Gasteiger charge is -2.40. The lowest BCUT2D eigenvalue weighted by Crippen LogP contribution is -2.51. The molecule has 1 saturated heterocycles. The summed E-state index contributed by atoms with van der Waals surface area (Å²) in [6, 6.07) is 3.34. The first-order valence-electron chi connectivity index (χ1n) is 10.6. The monoisotopic (exact) mass is 480 g/mol. The predicted octanol–water partition coefficient (Wildman–Crippen LogP) is 4.31. The van der Waals surface area contributed by atoms with Gasteiger partial charge in [0.15, 0.2) is 0 Å². The first kappa shape index (κ1) is 23.6. The van der Waals surface area contributed by atoms with Gasteiger partial charge < -0.3 is 10.2 Å². The molecule has 180 valence electrons. The number of halogens is 5. The molecule has 0 aliphatic carbocycles. The minimum Gasteiger partial charge on any atom is -0.368 e. The van der Waals surface area contributed by atoms with Crippen molar-refractivity contribution in [3.63, 3.8) is 0 Å². The minimum absolute atomic E-state index is 0.00874. The van der Waals surface area contributed by atoms with Crippen LogP contribution in [-0.4, -0.2) is 49.9 Å². The van der Waals surface area contributed by atoms with Crippen molar-refractivity contribution in [1.82, 2.24) is 24.9 Å². The third-order valence-electron chi connectivity index (χ3n) is 5.84. The summed E-state index contributed by atoms with van der Waals surface area (Å²) in [5.41, 5.74) is -1.35. The van der Waals surface area contributed by atoms with Gasteiger partial charge in [-0.05, 0) is 30.9 Å². The topological polar surface area (TPSA) is 75.9 Å². The molecule has 0 spiro atoms. The third kappa shape index (κ3) is 4.85. The molecule has 1 fully saturated rings. The van der Waals surface area contributed by atoms with E-state index < -0.39 is 35.3 Å². The highest BCUT2D eigenvalue weighted by molar-refractivity contribution is 5.98. The first-order chi connectivity index (χ1) is 16.1. The molecule has 1 aromatic carbocycles. The maximum Gasteiger partial charge on any atom is 0.417 e. The second-order valence-corrected chi connectivity index (χ2v) is 8.10. The van der Waals surface area contributed by atoms with E-state index >= 15 is 0 Å². The van der Waals surface area contributed by atoms with Gasteiger partial charge in [0.05, 0.1) is 24.0 Å². The Morgan fingerprint density at radius 3 is 2.56 bits per heavy atom. The first-order valence-corrected chi connectivity index (χ1v) is 10.6. The molecule has 1 N–H and O–H groups in total. The summed E-state index contributed by atoms with van der Waals surface area (Å²) in [5, 5.41) is 10.8. The van der Waals surface area contributed by atoms with Crippen LogP contribution in [0.2, 0.25) is 0 Å². The Morgan fingerprint density at radius 2 is 1.91 bits per heavy atom. The molecule has 12 heteroatoms. The Hall–Kier alpha value is -3.57. The second-order valence-electron chi connectivity index (χ2n) is 8.10. The highest BCUT2D eigenvalue weighted by atomic mass is 19.4. The summed E-state index contributed by atoms with van der Waals surface area (Å²) in [7, 11) is 0. The zero-order chi connectivity index (χ0) is 24.5. The molecule has 0 bridgehead atoms. The van der Waals surface area contributed by atoms with Crippen molar-refractivity contribution in [1.29, 1.82) is 0 Å². The van der Waals surface area contributed by atoms with Gasteiger partial charge in [-0.15, -0.1) is 0 Å². The number of benzene rings is 1. The Bertz CT molecular complexity index is 1150. The number of anilines is 1. The number of likely N-dealkylation sites (tertiary alicyclic amines) is 1. The average molecular weight is 480 g/mol. The van der Waals surface area contributed by atoms with Crippen molar-refractivity contribution < 1.29 is 26.7 Å². The summed E-state index contributed by atoms with van der Waals surface area (Å²) >= 11 is 0. The molecule has 4 rings (SSSR count). The van der Waals surface area contributed by atoms with Crippen LogP contribution in [0.1, 0.15) is 35.7 Å². The smallest absolute Gasteiger partial charge is 0.368 e. The maximum absolute atomic E-state index is 14.8. The van der Waals surface area contributed by atoms with Crippen molar-refractivity contribution in [3.8, 4) is 5.69 Å². The van der Waals surface area contributed by atoms with Gasteiger partial charge in [-0.2, -0.15) is 28.2 Å². The zero-order valence-electron chi connectivity index (χ0n) is 18.1. The molecule has 1 aliphatic rings.